The molecule has 12 heteroatoms. The number of anilines is 1. The molecule has 1 N–H and O–H groups in total. The zero-order chi connectivity index (χ0) is 33.3. The molecule has 4 aromatic rings. The van der Waals surface area contributed by atoms with E-state index in [1.54, 1.807) is 18.2 Å². The summed E-state index contributed by atoms with van der Waals surface area (Å²) < 4.78 is 29.8. The van der Waals surface area contributed by atoms with Crippen LogP contribution in [0.15, 0.2) is 119 Å². The molecular formula is C34H35BrN4O6S. The fourth-order valence-corrected chi connectivity index (χ4v) is 6.46. The van der Waals surface area contributed by atoms with Crippen LogP contribution < -0.4 is 9.62 Å². The number of sulfonamides is 1. The second kappa shape index (κ2) is 15.6. The van der Waals surface area contributed by atoms with Crippen molar-refractivity contribution in [3.63, 3.8) is 0 Å². The molecule has 0 aliphatic heterocycles. The standard InChI is InChI=1S/C34H35BrN4O6S/c1-25(2)22-36-34(41)32(20-26-10-5-3-6-11-26)37(23-27-16-18-28(35)19-17-27)33(40)24-38(29-12-9-13-30(21-29)39(42)43)46(44,45)31-14-7-4-8-15-31/h3-19,21,25,32H,20,22-24H2,1-2H3,(H,36,41)/t32-/m1/s1. The van der Waals surface area contributed by atoms with E-state index in [-0.39, 0.29) is 41.1 Å². The highest BCUT2D eigenvalue weighted by Crippen LogP contribution is 2.28. The van der Waals surface area contributed by atoms with Gasteiger partial charge in [0.25, 0.3) is 15.7 Å². The minimum atomic E-state index is -4.37. The van der Waals surface area contributed by atoms with Crippen LogP contribution in [0.5, 0.6) is 0 Å². The first-order valence-corrected chi connectivity index (χ1v) is 16.9. The Morgan fingerprint density at radius 2 is 1.50 bits per heavy atom. The molecule has 4 aromatic carbocycles. The third-order valence-corrected chi connectivity index (χ3v) is 9.48. The lowest BCUT2D eigenvalue weighted by Crippen LogP contribution is -2.53. The summed E-state index contributed by atoms with van der Waals surface area (Å²) in [5.41, 5.74) is 1.14. The normalized spacial score (nSPS) is 11.9. The summed E-state index contributed by atoms with van der Waals surface area (Å²) >= 11 is 3.42. The minimum Gasteiger partial charge on any atom is -0.354 e. The van der Waals surface area contributed by atoms with E-state index in [9.17, 15) is 28.1 Å². The Morgan fingerprint density at radius 1 is 0.870 bits per heavy atom. The first-order valence-electron chi connectivity index (χ1n) is 14.6. The largest absolute Gasteiger partial charge is 0.354 e. The van der Waals surface area contributed by atoms with Crippen LogP contribution in [0.1, 0.15) is 25.0 Å². The molecule has 0 spiro atoms. The fraction of sp³-hybridized carbons (Fsp3) is 0.235. The lowest BCUT2D eigenvalue weighted by molar-refractivity contribution is -0.384. The van der Waals surface area contributed by atoms with Gasteiger partial charge in [-0.3, -0.25) is 24.0 Å². The zero-order valence-corrected chi connectivity index (χ0v) is 27.9. The van der Waals surface area contributed by atoms with Gasteiger partial charge in [-0.2, -0.15) is 0 Å². The van der Waals surface area contributed by atoms with E-state index in [4.69, 9.17) is 0 Å². The van der Waals surface area contributed by atoms with E-state index in [1.807, 2.05) is 68.4 Å². The molecule has 0 aliphatic rings. The lowest BCUT2D eigenvalue weighted by Gasteiger charge is -2.34. The molecule has 0 saturated carbocycles. The maximum atomic E-state index is 14.5. The molecule has 0 radical (unpaired) electrons. The second-order valence-corrected chi connectivity index (χ2v) is 13.9. The molecule has 2 amide bonds. The molecule has 0 heterocycles. The Balaban J connectivity index is 1.82. The van der Waals surface area contributed by atoms with Gasteiger partial charge < -0.3 is 10.2 Å². The summed E-state index contributed by atoms with van der Waals surface area (Å²) in [5, 5.41) is 14.6. The van der Waals surface area contributed by atoms with E-state index >= 15 is 0 Å². The second-order valence-electron chi connectivity index (χ2n) is 11.1. The number of amides is 2. The van der Waals surface area contributed by atoms with E-state index in [2.05, 4.69) is 21.2 Å². The van der Waals surface area contributed by atoms with Crippen molar-refractivity contribution in [1.29, 1.82) is 0 Å². The number of nitrogens with one attached hydrogen (secondary N) is 1. The topological polar surface area (TPSA) is 130 Å². The minimum absolute atomic E-state index is 0.00682. The summed E-state index contributed by atoms with van der Waals surface area (Å²) in [6.45, 7) is 3.60. The van der Waals surface area contributed by atoms with Crippen LogP contribution in [0.3, 0.4) is 0 Å². The summed E-state index contributed by atoms with van der Waals surface area (Å²) in [4.78, 5) is 40.6. The average molecular weight is 708 g/mol. The van der Waals surface area contributed by atoms with Gasteiger partial charge in [-0.25, -0.2) is 8.42 Å². The van der Waals surface area contributed by atoms with Gasteiger partial charge in [-0.05, 0) is 47.4 Å². The number of nitrogens with zero attached hydrogens (tertiary/aromatic N) is 3. The van der Waals surface area contributed by atoms with E-state index in [0.29, 0.717) is 6.54 Å². The van der Waals surface area contributed by atoms with Gasteiger partial charge >= 0.3 is 0 Å². The van der Waals surface area contributed by atoms with E-state index < -0.39 is 33.4 Å². The van der Waals surface area contributed by atoms with Crippen molar-refractivity contribution in [3.05, 3.63) is 135 Å². The van der Waals surface area contributed by atoms with E-state index in [1.165, 1.54) is 35.2 Å². The van der Waals surface area contributed by atoms with Crippen LogP contribution in [0.4, 0.5) is 11.4 Å². The first-order chi connectivity index (χ1) is 22.0. The predicted octanol–water partition coefficient (Wildman–Crippen LogP) is 5.96. The number of halogens is 1. The Bertz CT molecular complexity index is 1750. The van der Waals surface area contributed by atoms with Crippen LogP contribution >= 0.6 is 15.9 Å². The Labute approximate surface area is 277 Å². The Kier molecular flexibility index (Phi) is 11.7. The lowest BCUT2D eigenvalue weighted by atomic mass is 10.0. The number of benzene rings is 4. The number of nitro benzene ring substituents is 1. The first kappa shape index (κ1) is 34.3. The Hall–Kier alpha value is -4.55. The monoisotopic (exact) mass is 706 g/mol. The van der Waals surface area contributed by atoms with Crippen molar-refractivity contribution in [2.75, 3.05) is 17.4 Å². The molecule has 0 fully saturated rings. The molecular weight excluding hydrogens is 672 g/mol. The molecule has 0 aromatic heterocycles. The molecule has 0 bridgehead atoms. The summed E-state index contributed by atoms with van der Waals surface area (Å²) in [6.07, 6.45) is 0.176. The van der Waals surface area contributed by atoms with Gasteiger partial charge in [-0.1, -0.05) is 96.5 Å². The van der Waals surface area contributed by atoms with Crippen LogP contribution in [0.2, 0.25) is 0 Å². The van der Waals surface area contributed by atoms with Crippen LogP contribution in [0, 0.1) is 16.0 Å². The third-order valence-electron chi connectivity index (χ3n) is 7.16. The highest BCUT2D eigenvalue weighted by Gasteiger charge is 2.35. The van der Waals surface area contributed by atoms with Crippen LogP contribution in [-0.4, -0.2) is 49.2 Å². The number of hydrogen-bond acceptors (Lipinski definition) is 6. The maximum Gasteiger partial charge on any atom is 0.271 e. The van der Waals surface area contributed by atoms with Gasteiger partial charge in [-0.15, -0.1) is 0 Å². The average Bonchev–Trinajstić information content (AvgIpc) is 3.05. The molecule has 10 nitrogen and oxygen atoms in total. The summed E-state index contributed by atoms with van der Waals surface area (Å²) in [6, 6.07) is 28.2. The predicted molar refractivity (Wildman–Crippen MR) is 181 cm³/mol. The van der Waals surface area contributed by atoms with Gasteiger partial charge in [0.1, 0.15) is 12.6 Å². The van der Waals surface area contributed by atoms with Crippen molar-refractivity contribution < 1.29 is 22.9 Å². The fourth-order valence-electron chi connectivity index (χ4n) is 4.77. The van der Waals surface area contributed by atoms with Crippen LogP contribution in [0.25, 0.3) is 0 Å². The van der Waals surface area contributed by atoms with Crippen LogP contribution in [-0.2, 0) is 32.6 Å². The van der Waals surface area contributed by atoms with Gasteiger partial charge in [0.15, 0.2) is 0 Å². The summed E-state index contributed by atoms with van der Waals surface area (Å²) in [7, 11) is -4.37. The highest BCUT2D eigenvalue weighted by atomic mass is 79.9. The van der Waals surface area contributed by atoms with Gasteiger partial charge in [0.05, 0.1) is 15.5 Å². The number of non-ortho nitro benzene ring substituents is 1. The number of carbonyl (C=O) groups excluding carboxylic acids is 2. The molecule has 46 heavy (non-hydrogen) atoms. The molecule has 0 unspecified atom stereocenters. The van der Waals surface area contributed by atoms with Crippen molar-refractivity contribution in [2.45, 2.75) is 37.8 Å². The van der Waals surface area contributed by atoms with Gasteiger partial charge in [0, 0.05) is 36.1 Å². The molecule has 0 saturated heterocycles. The third kappa shape index (κ3) is 9.01. The van der Waals surface area contributed by atoms with Crippen molar-refractivity contribution in [3.8, 4) is 0 Å². The van der Waals surface area contributed by atoms with E-state index in [0.717, 1.165) is 26.0 Å². The number of carbonyl (C=O) groups is 2. The quantitative estimate of drug-likeness (QED) is 0.127. The zero-order valence-electron chi connectivity index (χ0n) is 25.5. The number of nitro groups is 1. The summed E-state index contributed by atoms with van der Waals surface area (Å²) in [5.74, 6) is -0.886. The van der Waals surface area contributed by atoms with Crippen molar-refractivity contribution >= 4 is 49.1 Å². The molecule has 4 rings (SSSR count). The molecule has 1 atom stereocenters. The highest BCUT2D eigenvalue weighted by molar-refractivity contribution is 9.10. The number of hydrogen-bond donors (Lipinski definition) is 1. The maximum absolute atomic E-state index is 14.5. The SMILES string of the molecule is CC(C)CNC(=O)[C@@H](Cc1ccccc1)N(Cc1ccc(Br)cc1)C(=O)CN(c1cccc([N+](=O)[O-])c1)S(=O)(=O)c1ccccc1. The Morgan fingerprint density at radius 3 is 2.11 bits per heavy atom. The van der Waals surface area contributed by atoms with Gasteiger partial charge in [0.2, 0.25) is 11.8 Å². The molecule has 0 aliphatic carbocycles. The van der Waals surface area contributed by atoms with Crippen molar-refractivity contribution in [1.82, 2.24) is 10.2 Å². The molecule has 240 valence electrons. The van der Waals surface area contributed by atoms with Crippen molar-refractivity contribution in [2.24, 2.45) is 5.92 Å². The smallest absolute Gasteiger partial charge is 0.271 e. The number of rotatable bonds is 14.